The molecule has 0 bridgehead atoms. The summed E-state index contributed by atoms with van der Waals surface area (Å²) in [5.41, 5.74) is 1.65. The third kappa shape index (κ3) is 4.67. The topological polar surface area (TPSA) is 50.3 Å². The maximum absolute atomic E-state index is 12.6. The molecule has 130 valence electrons. The van der Waals surface area contributed by atoms with Crippen LogP contribution in [-0.4, -0.2) is 34.7 Å². The molecule has 0 radical (unpaired) electrons. The number of halogens is 1. The fourth-order valence-electron chi connectivity index (χ4n) is 3.25. The van der Waals surface area contributed by atoms with E-state index in [4.69, 9.17) is 11.6 Å². The van der Waals surface area contributed by atoms with E-state index in [9.17, 15) is 9.59 Å². The summed E-state index contributed by atoms with van der Waals surface area (Å²) in [5.74, 6) is 0.0645. The van der Waals surface area contributed by atoms with Gasteiger partial charge in [0.25, 0.3) is 5.91 Å². The summed E-state index contributed by atoms with van der Waals surface area (Å²) < 4.78 is 0. The molecule has 2 aromatic rings. The summed E-state index contributed by atoms with van der Waals surface area (Å²) in [7, 11) is 0. The second kappa shape index (κ2) is 8.26. The van der Waals surface area contributed by atoms with Crippen molar-refractivity contribution in [2.75, 3.05) is 13.1 Å². The third-order valence-electron chi connectivity index (χ3n) is 4.62. The van der Waals surface area contributed by atoms with Crippen molar-refractivity contribution in [3.63, 3.8) is 0 Å². The van der Waals surface area contributed by atoms with E-state index in [1.165, 1.54) is 18.0 Å². The second-order valence-corrected chi connectivity index (χ2v) is 6.87. The van der Waals surface area contributed by atoms with Crippen LogP contribution in [0.4, 0.5) is 0 Å². The van der Waals surface area contributed by atoms with Gasteiger partial charge in [0.1, 0.15) is 5.78 Å². The molecule has 0 spiro atoms. The highest BCUT2D eigenvalue weighted by molar-refractivity contribution is 6.30. The molecule has 0 N–H and O–H groups in total. The highest BCUT2D eigenvalue weighted by Crippen LogP contribution is 2.22. The summed E-state index contributed by atoms with van der Waals surface area (Å²) >= 11 is 5.92. The van der Waals surface area contributed by atoms with Crippen LogP contribution in [0.25, 0.3) is 0 Å². The molecular weight excluding hydrogens is 336 g/mol. The molecule has 25 heavy (non-hydrogen) atoms. The van der Waals surface area contributed by atoms with Gasteiger partial charge in [-0.05, 0) is 30.9 Å². The molecule has 1 atom stereocenters. The van der Waals surface area contributed by atoms with Gasteiger partial charge in [-0.2, -0.15) is 0 Å². The number of nitrogens with zero attached hydrogens (tertiary/aromatic N) is 2. The Labute approximate surface area is 152 Å². The number of pyridine rings is 1. The highest BCUT2D eigenvalue weighted by atomic mass is 35.5. The largest absolute Gasteiger partial charge is 0.338 e. The number of piperidine rings is 1. The average Bonchev–Trinajstić information content (AvgIpc) is 2.66. The zero-order valence-corrected chi connectivity index (χ0v) is 14.8. The number of rotatable bonds is 5. The Morgan fingerprint density at radius 1 is 1.20 bits per heavy atom. The van der Waals surface area contributed by atoms with E-state index in [-0.39, 0.29) is 17.6 Å². The first-order valence-corrected chi connectivity index (χ1v) is 8.98. The number of hydrogen-bond acceptors (Lipinski definition) is 3. The van der Waals surface area contributed by atoms with Crippen LogP contribution < -0.4 is 0 Å². The van der Waals surface area contributed by atoms with E-state index >= 15 is 0 Å². The highest BCUT2D eigenvalue weighted by Gasteiger charge is 2.28. The maximum atomic E-state index is 12.6. The van der Waals surface area contributed by atoms with Crippen LogP contribution in [0.15, 0.2) is 48.8 Å². The Balaban J connectivity index is 1.58. The second-order valence-electron chi connectivity index (χ2n) is 6.43. The first-order chi connectivity index (χ1) is 12.1. The molecule has 2 heterocycles. The SMILES string of the molecule is O=C(CCc1ccccc1)[C@H]1CCCN(C(=O)c2cncc(Cl)c2)C1. The number of hydrogen-bond donors (Lipinski definition) is 0. The normalized spacial score (nSPS) is 17.3. The first-order valence-electron chi connectivity index (χ1n) is 8.60. The van der Waals surface area contributed by atoms with E-state index in [2.05, 4.69) is 4.98 Å². The van der Waals surface area contributed by atoms with Crippen molar-refractivity contribution in [1.82, 2.24) is 9.88 Å². The number of carbonyl (C=O) groups excluding carboxylic acids is 2. The fraction of sp³-hybridized carbons (Fsp3) is 0.350. The third-order valence-corrected chi connectivity index (χ3v) is 4.83. The van der Waals surface area contributed by atoms with Crippen molar-refractivity contribution in [2.24, 2.45) is 5.92 Å². The maximum Gasteiger partial charge on any atom is 0.255 e. The van der Waals surface area contributed by atoms with Gasteiger partial charge in [-0.15, -0.1) is 0 Å². The molecule has 0 unspecified atom stereocenters. The number of aromatic nitrogens is 1. The van der Waals surface area contributed by atoms with Gasteiger partial charge >= 0.3 is 0 Å². The van der Waals surface area contributed by atoms with Gasteiger partial charge in [0.15, 0.2) is 0 Å². The molecule has 4 nitrogen and oxygen atoms in total. The molecule has 0 aliphatic carbocycles. The number of amides is 1. The lowest BCUT2D eigenvalue weighted by atomic mass is 9.90. The van der Waals surface area contributed by atoms with Crippen LogP contribution in [0.1, 0.15) is 35.2 Å². The minimum Gasteiger partial charge on any atom is -0.338 e. The molecule has 3 rings (SSSR count). The van der Waals surface area contributed by atoms with Gasteiger partial charge in [0.05, 0.1) is 10.6 Å². The molecule has 0 saturated carbocycles. The van der Waals surface area contributed by atoms with Crippen molar-refractivity contribution in [3.8, 4) is 0 Å². The van der Waals surface area contributed by atoms with Crippen LogP contribution in [0, 0.1) is 5.92 Å². The number of carbonyl (C=O) groups is 2. The lowest BCUT2D eigenvalue weighted by Crippen LogP contribution is -2.42. The Morgan fingerprint density at radius 2 is 2.00 bits per heavy atom. The molecule has 1 amide bonds. The van der Waals surface area contributed by atoms with Crippen LogP contribution in [-0.2, 0) is 11.2 Å². The summed E-state index contributed by atoms with van der Waals surface area (Å²) in [6, 6.07) is 11.6. The Kier molecular flexibility index (Phi) is 5.82. The van der Waals surface area contributed by atoms with Gasteiger partial charge in [0, 0.05) is 37.8 Å². The lowest BCUT2D eigenvalue weighted by Gasteiger charge is -2.32. The molecule has 1 aromatic heterocycles. The predicted molar refractivity (Wildman–Crippen MR) is 97.6 cm³/mol. The average molecular weight is 357 g/mol. The zero-order chi connectivity index (χ0) is 17.6. The van der Waals surface area contributed by atoms with Gasteiger partial charge in [-0.3, -0.25) is 14.6 Å². The standard InChI is InChI=1S/C20H21ClN2O2/c21-18-11-17(12-22-13-18)20(25)23-10-4-7-16(14-23)19(24)9-8-15-5-2-1-3-6-15/h1-3,5-6,11-13,16H,4,7-10,14H2/t16-/m0/s1. The monoisotopic (exact) mass is 356 g/mol. The summed E-state index contributed by atoms with van der Waals surface area (Å²) in [6.07, 6.45) is 6.00. The van der Waals surface area contributed by atoms with Crippen molar-refractivity contribution >= 4 is 23.3 Å². The minimum atomic E-state index is -0.101. The summed E-state index contributed by atoms with van der Waals surface area (Å²) in [5, 5.41) is 0.443. The smallest absolute Gasteiger partial charge is 0.255 e. The van der Waals surface area contributed by atoms with Crippen LogP contribution in [0.2, 0.25) is 5.02 Å². The van der Waals surface area contributed by atoms with E-state index in [0.29, 0.717) is 30.1 Å². The first kappa shape index (κ1) is 17.6. The van der Waals surface area contributed by atoms with Gasteiger partial charge in [-0.1, -0.05) is 41.9 Å². The molecule has 1 aliphatic heterocycles. The molecule has 1 fully saturated rings. The van der Waals surface area contributed by atoms with Gasteiger partial charge in [0.2, 0.25) is 0 Å². The number of benzene rings is 1. The molecular formula is C20H21ClN2O2. The van der Waals surface area contributed by atoms with Crippen molar-refractivity contribution < 1.29 is 9.59 Å². The Hall–Kier alpha value is -2.20. The van der Waals surface area contributed by atoms with E-state index in [0.717, 1.165) is 19.3 Å². The van der Waals surface area contributed by atoms with Crippen LogP contribution in [0.5, 0.6) is 0 Å². The number of likely N-dealkylation sites (tertiary alicyclic amines) is 1. The summed E-state index contributed by atoms with van der Waals surface area (Å²) in [6.45, 7) is 1.16. The summed E-state index contributed by atoms with van der Waals surface area (Å²) in [4.78, 5) is 30.9. The van der Waals surface area contributed by atoms with E-state index in [1.54, 1.807) is 11.0 Å². The minimum absolute atomic E-state index is 0.0754. The number of ketones is 1. The van der Waals surface area contributed by atoms with Crippen LogP contribution >= 0.6 is 11.6 Å². The zero-order valence-electron chi connectivity index (χ0n) is 14.0. The van der Waals surface area contributed by atoms with Crippen molar-refractivity contribution in [3.05, 3.63) is 64.9 Å². The predicted octanol–water partition coefficient (Wildman–Crippen LogP) is 3.79. The Bertz CT molecular complexity index is 748. The molecule has 1 saturated heterocycles. The van der Waals surface area contributed by atoms with E-state index < -0.39 is 0 Å². The van der Waals surface area contributed by atoms with Gasteiger partial charge in [-0.25, -0.2) is 0 Å². The van der Waals surface area contributed by atoms with Crippen molar-refractivity contribution in [2.45, 2.75) is 25.7 Å². The number of aryl methyl sites for hydroxylation is 1. The lowest BCUT2D eigenvalue weighted by molar-refractivity contribution is -0.124. The van der Waals surface area contributed by atoms with Crippen molar-refractivity contribution in [1.29, 1.82) is 0 Å². The quantitative estimate of drug-likeness (QED) is 0.819. The van der Waals surface area contributed by atoms with E-state index in [1.807, 2.05) is 30.3 Å². The molecule has 1 aliphatic rings. The molecule has 1 aromatic carbocycles. The fourth-order valence-corrected chi connectivity index (χ4v) is 3.43. The van der Waals surface area contributed by atoms with Crippen LogP contribution in [0.3, 0.4) is 0 Å². The number of Topliss-reactive ketones (excluding diaryl/α,β-unsaturated/α-hetero) is 1. The van der Waals surface area contributed by atoms with Gasteiger partial charge < -0.3 is 4.90 Å². The Morgan fingerprint density at radius 3 is 2.76 bits per heavy atom. The molecule has 5 heteroatoms.